The van der Waals surface area contributed by atoms with Gasteiger partial charge in [0, 0.05) is 0 Å². The molecule has 0 aromatic rings. The third kappa shape index (κ3) is 3.22. The second kappa shape index (κ2) is 5.87. The molecule has 2 N–H and O–H groups in total. The Hall–Kier alpha value is -1.06. The van der Waals surface area contributed by atoms with Crippen molar-refractivity contribution in [1.29, 1.82) is 0 Å². The molecule has 0 aromatic heterocycles. The van der Waals surface area contributed by atoms with Gasteiger partial charge >= 0.3 is 11.9 Å². The molecule has 1 aliphatic carbocycles. The van der Waals surface area contributed by atoms with Crippen LogP contribution in [0, 0.1) is 17.8 Å². The van der Waals surface area contributed by atoms with Gasteiger partial charge in [-0.25, -0.2) is 0 Å². The smallest absolute Gasteiger partial charge is 0.318 e. The lowest BCUT2D eigenvalue weighted by molar-refractivity contribution is -0.158. The van der Waals surface area contributed by atoms with Gasteiger partial charge in [-0.05, 0) is 24.7 Å². The Labute approximate surface area is 95.7 Å². The largest absolute Gasteiger partial charge is 0.481 e. The predicted octanol–water partition coefficient (Wildman–Crippen LogP) is 2.38. The topological polar surface area (TPSA) is 74.6 Å². The highest BCUT2D eigenvalue weighted by atomic mass is 16.4. The monoisotopic (exact) mass is 228 g/mol. The first-order valence-electron chi connectivity index (χ1n) is 6.01. The number of hydrogen-bond donors (Lipinski definition) is 2. The Kier molecular flexibility index (Phi) is 4.77. The van der Waals surface area contributed by atoms with Crippen molar-refractivity contribution in [2.75, 3.05) is 0 Å². The zero-order valence-corrected chi connectivity index (χ0v) is 9.69. The van der Waals surface area contributed by atoms with E-state index in [1.54, 1.807) is 0 Å². The zero-order valence-electron chi connectivity index (χ0n) is 9.69. The average molecular weight is 228 g/mol. The minimum Gasteiger partial charge on any atom is -0.481 e. The number of hydrogen-bond acceptors (Lipinski definition) is 2. The molecule has 0 aromatic carbocycles. The van der Waals surface area contributed by atoms with Crippen molar-refractivity contribution in [3.8, 4) is 0 Å². The second-order valence-corrected chi connectivity index (χ2v) is 4.72. The maximum Gasteiger partial charge on any atom is 0.318 e. The summed E-state index contributed by atoms with van der Waals surface area (Å²) < 4.78 is 0. The van der Waals surface area contributed by atoms with E-state index >= 15 is 0 Å². The molecule has 4 heteroatoms. The highest BCUT2D eigenvalue weighted by Crippen LogP contribution is 2.35. The summed E-state index contributed by atoms with van der Waals surface area (Å²) in [4.78, 5) is 21.7. The Morgan fingerprint density at radius 1 is 1.12 bits per heavy atom. The summed E-state index contributed by atoms with van der Waals surface area (Å²) in [5.74, 6) is -3.09. The Morgan fingerprint density at radius 2 is 1.62 bits per heavy atom. The number of carboxylic acids is 2. The van der Waals surface area contributed by atoms with Gasteiger partial charge in [-0.15, -0.1) is 0 Å². The van der Waals surface area contributed by atoms with E-state index in [4.69, 9.17) is 10.2 Å². The predicted molar refractivity (Wildman–Crippen MR) is 59.1 cm³/mol. The standard InChI is InChI=1S/C12H20O4/c1-2-3-8-4-6-9(7-5-8)10(11(13)14)12(15)16/h8-10H,2-7H2,1H3,(H,13,14)(H,15,16)/t8-,9-. The lowest BCUT2D eigenvalue weighted by Crippen LogP contribution is -2.33. The van der Waals surface area contributed by atoms with Crippen molar-refractivity contribution in [1.82, 2.24) is 0 Å². The van der Waals surface area contributed by atoms with Gasteiger partial charge in [0.25, 0.3) is 0 Å². The molecule has 1 saturated carbocycles. The Bertz CT molecular complexity index is 240. The Morgan fingerprint density at radius 3 is 2.00 bits per heavy atom. The second-order valence-electron chi connectivity index (χ2n) is 4.72. The molecule has 4 nitrogen and oxygen atoms in total. The van der Waals surface area contributed by atoms with E-state index in [-0.39, 0.29) is 5.92 Å². The van der Waals surface area contributed by atoms with Crippen LogP contribution in [0.1, 0.15) is 45.4 Å². The van der Waals surface area contributed by atoms with E-state index in [9.17, 15) is 9.59 Å². The van der Waals surface area contributed by atoms with Gasteiger partial charge in [0.2, 0.25) is 0 Å². The molecule has 1 aliphatic rings. The van der Waals surface area contributed by atoms with Crippen LogP contribution in [0.2, 0.25) is 0 Å². The lowest BCUT2D eigenvalue weighted by atomic mass is 9.74. The van der Waals surface area contributed by atoms with E-state index in [0.29, 0.717) is 5.92 Å². The van der Waals surface area contributed by atoms with Crippen LogP contribution in [0.3, 0.4) is 0 Å². The van der Waals surface area contributed by atoms with E-state index in [1.165, 1.54) is 6.42 Å². The molecule has 0 spiro atoms. The molecular formula is C12H20O4. The summed E-state index contributed by atoms with van der Waals surface area (Å²) in [6, 6.07) is 0. The molecular weight excluding hydrogens is 208 g/mol. The van der Waals surface area contributed by atoms with Crippen LogP contribution in [0.25, 0.3) is 0 Å². The van der Waals surface area contributed by atoms with E-state index in [2.05, 4.69) is 6.92 Å². The van der Waals surface area contributed by atoms with Crippen LogP contribution >= 0.6 is 0 Å². The molecule has 16 heavy (non-hydrogen) atoms. The van der Waals surface area contributed by atoms with E-state index in [1.807, 2.05) is 0 Å². The zero-order chi connectivity index (χ0) is 12.1. The minimum absolute atomic E-state index is 0.178. The van der Waals surface area contributed by atoms with Crippen LogP contribution in [-0.4, -0.2) is 22.2 Å². The fourth-order valence-electron chi connectivity index (χ4n) is 2.73. The van der Waals surface area contributed by atoms with Crippen molar-refractivity contribution in [3.05, 3.63) is 0 Å². The first-order chi connectivity index (χ1) is 7.56. The highest BCUT2D eigenvalue weighted by Gasteiger charge is 2.36. The molecule has 1 rings (SSSR count). The van der Waals surface area contributed by atoms with Gasteiger partial charge in [0.05, 0.1) is 0 Å². The summed E-state index contributed by atoms with van der Waals surface area (Å²) >= 11 is 0. The summed E-state index contributed by atoms with van der Waals surface area (Å²) in [6.07, 6.45) is 5.78. The van der Waals surface area contributed by atoms with Crippen molar-refractivity contribution in [3.63, 3.8) is 0 Å². The van der Waals surface area contributed by atoms with E-state index in [0.717, 1.165) is 32.1 Å². The number of rotatable bonds is 5. The Balaban J connectivity index is 2.51. The first-order valence-corrected chi connectivity index (χ1v) is 6.01. The van der Waals surface area contributed by atoms with Crippen LogP contribution in [-0.2, 0) is 9.59 Å². The number of carbonyl (C=O) groups is 2. The van der Waals surface area contributed by atoms with Gasteiger partial charge in [0.15, 0.2) is 5.92 Å². The normalized spacial score (nSPS) is 25.6. The van der Waals surface area contributed by atoms with Crippen molar-refractivity contribution >= 4 is 11.9 Å². The SMILES string of the molecule is CCC[C@H]1CC[C@H](C(C(=O)O)C(=O)O)CC1. The molecule has 0 saturated heterocycles. The molecule has 0 atom stereocenters. The summed E-state index contributed by atoms with van der Waals surface area (Å²) in [5.41, 5.74) is 0. The molecule has 0 radical (unpaired) electrons. The van der Waals surface area contributed by atoms with Crippen LogP contribution < -0.4 is 0 Å². The highest BCUT2D eigenvalue weighted by molar-refractivity contribution is 5.93. The summed E-state index contributed by atoms with van der Waals surface area (Å²) in [5, 5.41) is 17.8. The fraction of sp³-hybridized carbons (Fsp3) is 0.833. The third-order valence-corrected chi connectivity index (χ3v) is 3.59. The van der Waals surface area contributed by atoms with Crippen molar-refractivity contribution < 1.29 is 19.8 Å². The van der Waals surface area contributed by atoms with Gasteiger partial charge < -0.3 is 10.2 Å². The van der Waals surface area contributed by atoms with E-state index < -0.39 is 17.9 Å². The van der Waals surface area contributed by atoms with Gasteiger partial charge in [-0.2, -0.15) is 0 Å². The van der Waals surface area contributed by atoms with Gasteiger partial charge in [-0.3, -0.25) is 9.59 Å². The maximum absolute atomic E-state index is 10.9. The molecule has 1 fully saturated rings. The van der Waals surface area contributed by atoms with Crippen molar-refractivity contribution in [2.24, 2.45) is 17.8 Å². The third-order valence-electron chi connectivity index (χ3n) is 3.59. The number of carboxylic acid groups (broad SMARTS) is 2. The average Bonchev–Trinajstić information content (AvgIpc) is 2.20. The first kappa shape index (κ1) is 13.0. The van der Waals surface area contributed by atoms with Crippen LogP contribution in [0.15, 0.2) is 0 Å². The maximum atomic E-state index is 10.9. The lowest BCUT2D eigenvalue weighted by Gasteiger charge is -2.30. The molecule has 0 bridgehead atoms. The fourth-order valence-corrected chi connectivity index (χ4v) is 2.73. The van der Waals surface area contributed by atoms with Gasteiger partial charge in [0.1, 0.15) is 0 Å². The molecule has 92 valence electrons. The number of aliphatic carboxylic acids is 2. The van der Waals surface area contributed by atoms with Gasteiger partial charge in [-0.1, -0.05) is 32.6 Å². The van der Waals surface area contributed by atoms with Crippen LogP contribution in [0.4, 0.5) is 0 Å². The summed E-state index contributed by atoms with van der Waals surface area (Å²) in [7, 11) is 0. The molecule has 0 aliphatic heterocycles. The summed E-state index contributed by atoms with van der Waals surface area (Å²) in [6.45, 7) is 2.14. The molecule has 0 amide bonds. The van der Waals surface area contributed by atoms with Crippen LogP contribution in [0.5, 0.6) is 0 Å². The molecule has 0 unspecified atom stereocenters. The van der Waals surface area contributed by atoms with Crippen molar-refractivity contribution in [2.45, 2.75) is 45.4 Å². The quantitative estimate of drug-likeness (QED) is 0.708. The minimum atomic E-state index is -1.21. The molecule has 0 heterocycles.